The summed E-state index contributed by atoms with van der Waals surface area (Å²) < 4.78 is 14.2. The molecule has 2 aromatic carbocycles. The van der Waals surface area contributed by atoms with E-state index in [0.29, 0.717) is 18.7 Å². The topological polar surface area (TPSA) is 39.7 Å². The SMILES string of the molecule is CN(C)c1ccc(C(=O)N2CCN(c3nc4ccc(F)cc4s3)CC2)cc1. The Kier molecular flexibility index (Phi) is 4.70. The van der Waals surface area contributed by atoms with Gasteiger partial charge in [-0.1, -0.05) is 11.3 Å². The van der Waals surface area contributed by atoms with Crippen LogP contribution in [0.4, 0.5) is 15.2 Å². The fourth-order valence-corrected chi connectivity index (χ4v) is 4.25. The lowest BCUT2D eigenvalue weighted by Crippen LogP contribution is -2.48. The van der Waals surface area contributed by atoms with Crippen LogP contribution < -0.4 is 9.80 Å². The summed E-state index contributed by atoms with van der Waals surface area (Å²) in [6.07, 6.45) is 0. The van der Waals surface area contributed by atoms with E-state index in [1.165, 1.54) is 23.5 Å². The van der Waals surface area contributed by atoms with Gasteiger partial charge in [-0.15, -0.1) is 0 Å². The monoisotopic (exact) mass is 384 g/mol. The van der Waals surface area contributed by atoms with E-state index in [4.69, 9.17) is 0 Å². The Morgan fingerprint density at radius 1 is 1.07 bits per heavy atom. The van der Waals surface area contributed by atoms with Crippen LogP contribution in [0.2, 0.25) is 0 Å². The summed E-state index contributed by atoms with van der Waals surface area (Å²) >= 11 is 1.49. The molecule has 27 heavy (non-hydrogen) atoms. The molecule has 140 valence electrons. The Hall–Kier alpha value is -2.67. The molecular weight excluding hydrogens is 363 g/mol. The number of fused-ring (bicyclic) bond motifs is 1. The van der Waals surface area contributed by atoms with E-state index in [1.807, 2.05) is 48.2 Å². The van der Waals surface area contributed by atoms with Crippen molar-refractivity contribution >= 4 is 38.3 Å². The molecular formula is C20H21FN4OS. The molecule has 0 atom stereocenters. The number of rotatable bonds is 3. The molecule has 0 unspecified atom stereocenters. The zero-order valence-corrected chi connectivity index (χ0v) is 16.2. The zero-order chi connectivity index (χ0) is 19.0. The number of piperazine rings is 1. The Labute approximate surface area is 161 Å². The fraction of sp³-hybridized carbons (Fsp3) is 0.300. The number of amides is 1. The molecule has 0 radical (unpaired) electrons. The molecule has 0 saturated carbocycles. The Balaban J connectivity index is 1.42. The average molecular weight is 384 g/mol. The van der Waals surface area contributed by atoms with Crippen LogP contribution in [0, 0.1) is 5.82 Å². The van der Waals surface area contributed by atoms with Gasteiger partial charge in [0.1, 0.15) is 5.82 Å². The highest BCUT2D eigenvalue weighted by Crippen LogP contribution is 2.30. The quantitative estimate of drug-likeness (QED) is 0.693. The largest absolute Gasteiger partial charge is 0.378 e. The van der Waals surface area contributed by atoms with Crippen LogP contribution in [0.25, 0.3) is 10.2 Å². The second-order valence-corrected chi connectivity index (χ2v) is 7.84. The van der Waals surface area contributed by atoms with E-state index in [1.54, 1.807) is 6.07 Å². The lowest BCUT2D eigenvalue weighted by atomic mass is 10.1. The highest BCUT2D eigenvalue weighted by molar-refractivity contribution is 7.22. The molecule has 2 heterocycles. The molecule has 0 aliphatic carbocycles. The number of carbonyl (C=O) groups excluding carboxylic acids is 1. The zero-order valence-electron chi connectivity index (χ0n) is 15.4. The maximum Gasteiger partial charge on any atom is 0.253 e. The van der Waals surface area contributed by atoms with Crippen molar-refractivity contribution in [3.8, 4) is 0 Å². The van der Waals surface area contributed by atoms with Crippen molar-refractivity contribution in [1.29, 1.82) is 0 Å². The summed E-state index contributed by atoms with van der Waals surface area (Å²) in [5.74, 6) is -0.181. The number of hydrogen-bond donors (Lipinski definition) is 0. The van der Waals surface area contributed by atoms with Crippen molar-refractivity contribution in [2.45, 2.75) is 0 Å². The van der Waals surface area contributed by atoms with Crippen LogP contribution in [0.5, 0.6) is 0 Å². The average Bonchev–Trinajstić information content (AvgIpc) is 3.11. The second-order valence-electron chi connectivity index (χ2n) is 6.83. The standard InChI is InChI=1S/C20H21FN4OS/c1-23(2)16-6-3-14(4-7-16)19(26)24-9-11-25(12-10-24)20-22-17-8-5-15(21)13-18(17)27-20/h3-8,13H,9-12H2,1-2H3. The summed E-state index contributed by atoms with van der Waals surface area (Å²) in [4.78, 5) is 23.4. The smallest absolute Gasteiger partial charge is 0.253 e. The lowest BCUT2D eigenvalue weighted by Gasteiger charge is -2.34. The Morgan fingerprint density at radius 2 is 1.78 bits per heavy atom. The number of carbonyl (C=O) groups is 1. The third kappa shape index (κ3) is 3.60. The lowest BCUT2D eigenvalue weighted by molar-refractivity contribution is 0.0747. The van der Waals surface area contributed by atoms with E-state index < -0.39 is 0 Å². The summed E-state index contributed by atoms with van der Waals surface area (Å²) in [5, 5.41) is 0.887. The predicted molar refractivity (Wildman–Crippen MR) is 108 cm³/mol. The molecule has 1 amide bonds. The van der Waals surface area contributed by atoms with Gasteiger partial charge in [-0.05, 0) is 42.5 Å². The number of benzene rings is 2. The van der Waals surface area contributed by atoms with Crippen LogP contribution in [-0.2, 0) is 0 Å². The van der Waals surface area contributed by atoms with E-state index >= 15 is 0 Å². The summed E-state index contributed by atoms with van der Waals surface area (Å²) in [5.41, 5.74) is 2.60. The molecule has 1 aromatic heterocycles. The molecule has 1 aliphatic rings. The molecule has 0 bridgehead atoms. The third-order valence-electron chi connectivity index (χ3n) is 4.81. The summed E-state index contributed by atoms with van der Waals surface area (Å²) in [6, 6.07) is 12.4. The van der Waals surface area contributed by atoms with Crippen molar-refractivity contribution < 1.29 is 9.18 Å². The predicted octanol–water partition coefficient (Wildman–Crippen LogP) is 3.46. The second kappa shape index (κ2) is 7.15. The van der Waals surface area contributed by atoms with Crippen LogP contribution >= 0.6 is 11.3 Å². The fourth-order valence-electron chi connectivity index (χ4n) is 3.21. The summed E-state index contributed by atoms with van der Waals surface area (Å²) in [7, 11) is 3.96. The van der Waals surface area contributed by atoms with E-state index in [-0.39, 0.29) is 11.7 Å². The Morgan fingerprint density at radius 3 is 2.44 bits per heavy atom. The number of nitrogens with zero attached hydrogens (tertiary/aromatic N) is 4. The summed E-state index contributed by atoms with van der Waals surface area (Å²) in [6.45, 7) is 2.75. The van der Waals surface area contributed by atoms with Crippen molar-refractivity contribution in [1.82, 2.24) is 9.88 Å². The van der Waals surface area contributed by atoms with Crippen molar-refractivity contribution in [3.05, 3.63) is 53.8 Å². The number of hydrogen-bond acceptors (Lipinski definition) is 5. The number of halogens is 1. The molecule has 1 saturated heterocycles. The molecule has 1 aliphatic heterocycles. The van der Waals surface area contributed by atoms with Crippen molar-refractivity contribution in [2.24, 2.45) is 0 Å². The number of aromatic nitrogens is 1. The first-order chi connectivity index (χ1) is 13.0. The van der Waals surface area contributed by atoms with Crippen LogP contribution in [0.1, 0.15) is 10.4 Å². The van der Waals surface area contributed by atoms with Gasteiger partial charge in [-0.25, -0.2) is 9.37 Å². The highest BCUT2D eigenvalue weighted by Gasteiger charge is 2.24. The van der Waals surface area contributed by atoms with Gasteiger partial charge in [0, 0.05) is 51.5 Å². The van der Waals surface area contributed by atoms with Crippen LogP contribution in [0.15, 0.2) is 42.5 Å². The first-order valence-electron chi connectivity index (χ1n) is 8.89. The first kappa shape index (κ1) is 17.7. The molecule has 7 heteroatoms. The third-order valence-corrected chi connectivity index (χ3v) is 5.89. The normalized spacial score (nSPS) is 14.6. The highest BCUT2D eigenvalue weighted by atomic mass is 32.1. The van der Waals surface area contributed by atoms with E-state index in [2.05, 4.69) is 9.88 Å². The maximum atomic E-state index is 13.4. The minimum atomic E-state index is -0.242. The van der Waals surface area contributed by atoms with Gasteiger partial charge in [0.25, 0.3) is 5.91 Å². The Bertz CT molecular complexity index is 962. The van der Waals surface area contributed by atoms with E-state index in [0.717, 1.165) is 34.1 Å². The van der Waals surface area contributed by atoms with Gasteiger partial charge in [-0.2, -0.15) is 0 Å². The van der Waals surface area contributed by atoms with Crippen LogP contribution in [0.3, 0.4) is 0 Å². The minimum absolute atomic E-state index is 0.0614. The van der Waals surface area contributed by atoms with Crippen molar-refractivity contribution in [3.63, 3.8) is 0 Å². The van der Waals surface area contributed by atoms with Gasteiger partial charge in [-0.3, -0.25) is 4.79 Å². The number of anilines is 2. The minimum Gasteiger partial charge on any atom is -0.378 e. The van der Waals surface area contributed by atoms with Gasteiger partial charge in [0.2, 0.25) is 0 Å². The van der Waals surface area contributed by atoms with Crippen molar-refractivity contribution in [2.75, 3.05) is 50.1 Å². The molecule has 0 N–H and O–H groups in total. The molecule has 3 aromatic rings. The van der Waals surface area contributed by atoms with Gasteiger partial charge < -0.3 is 14.7 Å². The van der Waals surface area contributed by atoms with Gasteiger partial charge in [0.05, 0.1) is 10.2 Å². The maximum absolute atomic E-state index is 13.4. The molecule has 4 rings (SSSR count). The first-order valence-corrected chi connectivity index (χ1v) is 9.70. The molecule has 0 spiro atoms. The van der Waals surface area contributed by atoms with E-state index in [9.17, 15) is 9.18 Å². The van der Waals surface area contributed by atoms with Gasteiger partial charge in [0.15, 0.2) is 5.13 Å². The van der Waals surface area contributed by atoms with Crippen LogP contribution in [-0.4, -0.2) is 56.1 Å². The van der Waals surface area contributed by atoms with Gasteiger partial charge >= 0.3 is 0 Å². The molecule has 1 fully saturated rings. The molecule has 5 nitrogen and oxygen atoms in total. The number of thiazole rings is 1.